The maximum absolute atomic E-state index is 12.1. The van der Waals surface area contributed by atoms with Gasteiger partial charge in [-0.05, 0) is 62.1 Å². The van der Waals surface area contributed by atoms with Gasteiger partial charge < -0.3 is 19.9 Å². The SMILES string of the molecule is Cc1nc2ccccc2n1CCCNC(=O)CCCOc1ccc2c(c1)CCC(=O)N2. The Hall–Kier alpha value is -3.35. The molecule has 1 aliphatic heterocycles. The van der Waals surface area contributed by atoms with E-state index in [1.165, 1.54) is 0 Å². The fraction of sp³-hybridized carbons (Fsp3) is 0.375. The quantitative estimate of drug-likeness (QED) is 0.518. The molecule has 2 aromatic carbocycles. The number of aromatic nitrogens is 2. The second-order valence-corrected chi connectivity index (χ2v) is 7.82. The highest BCUT2D eigenvalue weighted by Gasteiger charge is 2.15. The average molecular weight is 421 g/mol. The van der Waals surface area contributed by atoms with E-state index in [4.69, 9.17) is 4.74 Å². The van der Waals surface area contributed by atoms with Gasteiger partial charge in [-0.25, -0.2) is 4.98 Å². The molecule has 0 saturated heterocycles. The first-order valence-electron chi connectivity index (χ1n) is 10.8. The van der Waals surface area contributed by atoms with Gasteiger partial charge in [0.15, 0.2) is 0 Å². The Bertz CT molecular complexity index is 1090. The van der Waals surface area contributed by atoms with Crippen molar-refractivity contribution < 1.29 is 14.3 Å². The van der Waals surface area contributed by atoms with Crippen LogP contribution in [0.5, 0.6) is 5.75 Å². The molecule has 0 radical (unpaired) electrons. The summed E-state index contributed by atoms with van der Waals surface area (Å²) < 4.78 is 7.97. The summed E-state index contributed by atoms with van der Waals surface area (Å²) in [6.07, 6.45) is 3.19. The van der Waals surface area contributed by atoms with Crippen LogP contribution < -0.4 is 15.4 Å². The maximum atomic E-state index is 12.1. The number of imidazole rings is 1. The Balaban J connectivity index is 1.13. The first kappa shape index (κ1) is 20.9. The van der Waals surface area contributed by atoms with Crippen molar-refractivity contribution in [2.45, 2.75) is 45.6 Å². The zero-order chi connectivity index (χ0) is 21.6. The normalized spacial score (nSPS) is 13.0. The van der Waals surface area contributed by atoms with Gasteiger partial charge in [0.1, 0.15) is 11.6 Å². The van der Waals surface area contributed by atoms with Gasteiger partial charge in [0.05, 0.1) is 17.6 Å². The highest BCUT2D eigenvalue weighted by Crippen LogP contribution is 2.26. The number of carbonyl (C=O) groups is 2. The van der Waals surface area contributed by atoms with Gasteiger partial charge in [-0.1, -0.05) is 12.1 Å². The van der Waals surface area contributed by atoms with Crippen molar-refractivity contribution in [2.24, 2.45) is 0 Å². The van der Waals surface area contributed by atoms with E-state index in [9.17, 15) is 9.59 Å². The van der Waals surface area contributed by atoms with E-state index in [2.05, 4.69) is 26.3 Å². The molecule has 4 rings (SSSR count). The molecular formula is C24H28N4O3. The summed E-state index contributed by atoms with van der Waals surface area (Å²) in [4.78, 5) is 28.1. The van der Waals surface area contributed by atoms with Crippen LogP contribution in [-0.2, 0) is 22.6 Å². The van der Waals surface area contributed by atoms with Crippen LogP contribution in [0.25, 0.3) is 11.0 Å². The number of amides is 2. The first-order chi connectivity index (χ1) is 15.1. The lowest BCUT2D eigenvalue weighted by Crippen LogP contribution is -2.25. The Morgan fingerprint density at radius 2 is 2.06 bits per heavy atom. The summed E-state index contributed by atoms with van der Waals surface area (Å²) in [7, 11) is 0. The fourth-order valence-electron chi connectivity index (χ4n) is 3.90. The maximum Gasteiger partial charge on any atom is 0.224 e. The van der Waals surface area contributed by atoms with Crippen molar-refractivity contribution in [3.63, 3.8) is 0 Å². The second kappa shape index (κ2) is 9.64. The average Bonchev–Trinajstić information content (AvgIpc) is 3.09. The second-order valence-electron chi connectivity index (χ2n) is 7.82. The van der Waals surface area contributed by atoms with E-state index in [1.807, 2.05) is 43.3 Å². The molecule has 0 spiro atoms. The van der Waals surface area contributed by atoms with Crippen LogP contribution in [0.2, 0.25) is 0 Å². The highest BCUT2D eigenvalue weighted by molar-refractivity contribution is 5.94. The van der Waals surface area contributed by atoms with E-state index in [0.29, 0.717) is 32.4 Å². The van der Waals surface area contributed by atoms with Crippen LogP contribution in [0.4, 0.5) is 5.69 Å². The molecule has 0 fully saturated rings. The number of hydrogen-bond donors (Lipinski definition) is 2. The smallest absolute Gasteiger partial charge is 0.224 e. The molecule has 31 heavy (non-hydrogen) atoms. The third kappa shape index (κ3) is 5.23. The topological polar surface area (TPSA) is 85.2 Å². The number of ether oxygens (including phenoxy) is 1. The van der Waals surface area contributed by atoms with Crippen molar-refractivity contribution in [3.05, 3.63) is 53.9 Å². The van der Waals surface area contributed by atoms with Crippen molar-refractivity contribution >= 4 is 28.5 Å². The van der Waals surface area contributed by atoms with E-state index < -0.39 is 0 Å². The van der Waals surface area contributed by atoms with Crippen LogP contribution in [0.3, 0.4) is 0 Å². The third-order valence-corrected chi connectivity index (χ3v) is 5.52. The number of nitrogens with zero attached hydrogens (tertiary/aromatic N) is 2. The predicted octanol–water partition coefficient (Wildman–Crippen LogP) is 3.59. The van der Waals surface area contributed by atoms with E-state index in [-0.39, 0.29) is 11.8 Å². The Labute approximate surface area is 181 Å². The fourth-order valence-corrected chi connectivity index (χ4v) is 3.90. The van der Waals surface area contributed by atoms with Crippen LogP contribution in [-0.4, -0.2) is 34.5 Å². The minimum Gasteiger partial charge on any atom is -0.494 e. The van der Waals surface area contributed by atoms with Crippen molar-refractivity contribution in [1.29, 1.82) is 0 Å². The number of carbonyl (C=O) groups excluding carboxylic acids is 2. The summed E-state index contributed by atoms with van der Waals surface area (Å²) in [6.45, 7) is 3.96. The molecule has 2 N–H and O–H groups in total. The minimum atomic E-state index is 0.0453. The molecule has 1 aromatic heterocycles. The zero-order valence-electron chi connectivity index (χ0n) is 17.8. The predicted molar refractivity (Wildman–Crippen MR) is 120 cm³/mol. The molecular weight excluding hydrogens is 392 g/mol. The number of rotatable bonds is 9. The molecule has 7 nitrogen and oxygen atoms in total. The lowest BCUT2D eigenvalue weighted by atomic mass is 10.0. The largest absolute Gasteiger partial charge is 0.494 e. The van der Waals surface area contributed by atoms with Gasteiger partial charge in [-0.2, -0.15) is 0 Å². The summed E-state index contributed by atoms with van der Waals surface area (Å²) >= 11 is 0. The molecule has 0 unspecified atom stereocenters. The molecule has 3 aromatic rings. The Kier molecular flexibility index (Phi) is 6.50. The van der Waals surface area contributed by atoms with Gasteiger partial charge in [0, 0.05) is 31.6 Å². The number of fused-ring (bicyclic) bond motifs is 2. The number of para-hydroxylation sites is 2. The van der Waals surface area contributed by atoms with Crippen molar-refractivity contribution in [1.82, 2.24) is 14.9 Å². The third-order valence-electron chi connectivity index (χ3n) is 5.52. The lowest BCUT2D eigenvalue weighted by Gasteiger charge is -2.17. The zero-order valence-corrected chi connectivity index (χ0v) is 17.8. The Morgan fingerprint density at radius 1 is 1.19 bits per heavy atom. The van der Waals surface area contributed by atoms with Gasteiger partial charge >= 0.3 is 0 Å². The molecule has 162 valence electrons. The lowest BCUT2D eigenvalue weighted by molar-refractivity contribution is -0.121. The molecule has 1 aliphatic rings. The summed E-state index contributed by atoms with van der Waals surface area (Å²) in [5.74, 6) is 1.87. The van der Waals surface area contributed by atoms with E-state index in [1.54, 1.807) is 0 Å². The molecule has 0 bridgehead atoms. The summed E-state index contributed by atoms with van der Waals surface area (Å²) in [5, 5.41) is 5.85. The number of nitrogens with one attached hydrogen (secondary N) is 2. The van der Waals surface area contributed by atoms with Crippen LogP contribution in [0.15, 0.2) is 42.5 Å². The van der Waals surface area contributed by atoms with Crippen LogP contribution in [0, 0.1) is 6.92 Å². The molecule has 2 heterocycles. The Morgan fingerprint density at radius 3 is 2.97 bits per heavy atom. The molecule has 7 heteroatoms. The van der Waals surface area contributed by atoms with Gasteiger partial charge in [-0.3, -0.25) is 9.59 Å². The summed E-state index contributed by atoms with van der Waals surface area (Å²) in [5.41, 5.74) is 4.10. The van der Waals surface area contributed by atoms with Crippen molar-refractivity contribution in [3.8, 4) is 5.75 Å². The standard InChI is InChI=1S/C24H28N4O3/c1-17-26-21-6-2-3-7-22(21)28(17)14-5-13-25-23(29)8-4-15-31-19-10-11-20-18(16-19)9-12-24(30)27-20/h2-3,6-7,10-11,16H,4-5,8-9,12-15H2,1H3,(H,25,29)(H,27,30). The van der Waals surface area contributed by atoms with Gasteiger partial charge in [0.2, 0.25) is 11.8 Å². The molecule has 0 saturated carbocycles. The van der Waals surface area contributed by atoms with Gasteiger partial charge in [-0.15, -0.1) is 0 Å². The van der Waals surface area contributed by atoms with Crippen LogP contribution in [0.1, 0.15) is 37.1 Å². The van der Waals surface area contributed by atoms with E-state index in [0.717, 1.165) is 53.2 Å². The van der Waals surface area contributed by atoms with Gasteiger partial charge in [0.25, 0.3) is 0 Å². The monoisotopic (exact) mass is 420 g/mol. The molecule has 0 atom stereocenters. The van der Waals surface area contributed by atoms with E-state index >= 15 is 0 Å². The number of aryl methyl sites for hydroxylation is 3. The minimum absolute atomic E-state index is 0.0453. The first-order valence-corrected chi connectivity index (χ1v) is 10.8. The highest BCUT2D eigenvalue weighted by atomic mass is 16.5. The van der Waals surface area contributed by atoms with Crippen LogP contribution >= 0.6 is 0 Å². The molecule has 2 amide bonds. The molecule has 0 aliphatic carbocycles. The number of anilines is 1. The number of benzene rings is 2. The summed E-state index contributed by atoms with van der Waals surface area (Å²) in [6, 6.07) is 13.8. The van der Waals surface area contributed by atoms with Crippen molar-refractivity contribution in [2.75, 3.05) is 18.5 Å². The number of hydrogen-bond acceptors (Lipinski definition) is 4.